The molecule has 0 spiro atoms. The molecule has 1 fully saturated rings. The van der Waals surface area contributed by atoms with Crippen LogP contribution >= 0.6 is 0 Å². The minimum absolute atomic E-state index is 0.325. The third-order valence-corrected chi connectivity index (χ3v) is 5.35. The highest BCUT2D eigenvalue weighted by Crippen LogP contribution is 2.29. The Morgan fingerprint density at radius 2 is 1.76 bits per heavy atom. The van der Waals surface area contributed by atoms with E-state index < -0.39 is 5.97 Å². The summed E-state index contributed by atoms with van der Waals surface area (Å²) in [5.41, 5.74) is 2.84. The number of methoxy groups -OCH3 is 1. The van der Waals surface area contributed by atoms with Gasteiger partial charge in [0.15, 0.2) is 0 Å². The van der Waals surface area contributed by atoms with Gasteiger partial charge < -0.3 is 18.8 Å². The van der Waals surface area contributed by atoms with Gasteiger partial charge in [-0.2, -0.15) is 0 Å². The number of ether oxygens (including phenoxy) is 2. The summed E-state index contributed by atoms with van der Waals surface area (Å²) in [6, 6.07) is 16.0. The van der Waals surface area contributed by atoms with E-state index in [9.17, 15) is 4.79 Å². The highest BCUT2D eigenvalue weighted by atomic mass is 16.5. The molecule has 1 saturated heterocycles. The fourth-order valence-corrected chi connectivity index (χ4v) is 3.80. The third kappa shape index (κ3) is 4.07. The number of furan rings is 1. The topological polar surface area (TPSA) is 55.2 Å². The van der Waals surface area contributed by atoms with Crippen LogP contribution in [0.1, 0.15) is 23.0 Å². The van der Waals surface area contributed by atoms with Crippen molar-refractivity contribution in [1.29, 1.82) is 0 Å². The average molecular weight is 394 g/mol. The summed E-state index contributed by atoms with van der Waals surface area (Å²) in [5, 5.41) is 0.980. The molecule has 0 amide bonds. The highest BCUT2D eigenvalue weighted by molar-refractivity contribution is 5.96. The monoisotopic (exact) mass is 394 g/mol. The molecule has 152 valence electrons. The van der Waals surface area contributed by atoms with E-state index in [0.29, 0.717) is 18.9 Å². The third-order valence-electron chi connectivity index (χ3n) is 5.35. The Kier molecular flexibility index (Phi) is 5.71. The van der Waals surface area contributed by atoms with E-state index in [-0.39, 0.29) is 0 Å². The Balaban J connectivity index is 1.48. The number of piperazine rings is 1. The van der Waals surface area contributed by atoms with Crippen LogP contribution in [0.2, 0.25) is 0 Å². The van der Waals surface area contributed by atoms with E-state index in [2.05, 4.69) is 21.9 Å². The second-order valence-electron chi connectivity index (χ2n) is 7.09. The summed E-state index contributed by atoms with van der Waals surface area (Å²) in [5.74, 6) is 0.798. The van der Waals surface area contributed by atoms with Crippen molar-refractivity contribution >= 4 is 22.6 Å². The molecule has 29 heavy (non-hydrogen) atoms. The van der Waals surface area contributed by atoms with Crippen LogP contribution in [0.3, 0.4) is 0 Å². The second kappa shape index (κ2) is 8.57. The summed E-state index contributed by atoms with van der Waals surface area (Å²) < 4.78 is 16.3. The molecule has 0 radical (unpaired) electrons. The first-order valence-corrected chi connectivity index (χ1v) is 9.98. The molecule has 6 heteroatoms. The number of fused-ring (bicyclic) bond motifs is 1. The predicted molar refractivity (Wildman–Crippen MR) is 113 cm³/mol. The maximum absolute atomic E-state index is 12.4. The number of carbonyl (C=O) groups is 1. The van der Waals surface area contributed by atoms with Crippen LogP contribution in [0.15, 0.2) is 52.9 Å². The summed E-state index contributed by atoms with van der Waals surface area (Å²) in [6.07, 6.45) is 0. The molecular formula is C23H26N2O4. The minimum Gasteiger partial charge on any atom is -0.497 e. The van der Waals surface area contributed by atoms with Crippen LogP contribution in [-0.4, -0.2) is 50.8 Å². The lowest BCUT2D eigenvalue weighted by molar-refractivity contribution is 0.0489. The van der Waals surface area contributed by atoms with Gasteiger partial charge in [-0.05, 0) is 37.3 Å². The van der Waals surface area contributed by atoms with Crippen molar-refractivity contribution in [2.24, 2.45) is 0 Å². The summed E-state index contributed by atoms with van der Waals surface area (Å²) in [7, 11) is 1.68. The van der Waals surface area contributed by atoms with E-state index in [1.54, 1.807) is 14.0 Å². The van der Waals surface area contributed by atoms with Gasteiger partial charge in [-0.25, -0.2) is 4.79 Å². The maximum Gasteiger partial charge on any atom is 0.374 e. The zero-order chi connectivity index (χ0) is 20.2. The van der Waals surface area contributed by atoms with Gasteiger partial charge in [-0.3, -0.25) is 4.90 Å². The number of anilines is 1. The lowest BCUT2D eigenvalue weighted by Gasteiger charge is -2.36. The zero-order valence-electron chi connectivity index (χ0n) is 16.9. The molecule has 0 N–H and O–H groups in total. The summed E-state index contributed by atoms with van der Waals surface area (Å²) in [6.45, 7) is 6.48. The number of rotatable bonds is 6. The minimum atomic E-state index is -0.393. The highest BCUT2D eigenvalue weighted by Gasteiger charge is 2.25. The van der Waals surface area contributed by atoms with Gasteiger partial charge in [0, 0.05) is 49.4 Å². The normalized spacial score (nSPS) is 14.9. The fraction of sp³-hybridized carbons (Fsp3) is 0.348. The van der Waals surface area contributed by atoms with E-state index in [0.717, 1.165) is 48.5 Å². The van der Waals surface area contributed by atoms with Crippen molar-refractivity contribution in [2.75, 3.05) is 44.8 Å². The Hall–Kier alpha value is -2.99. The standard InChI is InChI=1S/C23H26N2O4/c1-3-28-23(26)22-20(19-6-4-5-7-21(19)29-22)16-24-12-14-25(15-13-24)17-8-10-18(27-2)11-9-17/h4-11H,3,12-16H2,1-2H3. The van der Waals surface area contributed by atoms with Crippen LogP contribution in [0.4, 0.5) is 5.69 Å². The smallest absolute Gasteiger partial charge is 0.374 e. The largest absolute Gasteiger partial charge is 0.497 e. The number of para-hydroxylation sites is 1. The number of hydrogen-bond acceptors (Lipinski definition) is 6. The van der Waals surface area contributed by atoms with Gasteiger partial charge in [-0.15, -0.1) is 0 Å². The molecule has 0 atom stereocenters. The first-order chi connectivity index (χ1) is 14.2. The second-order valence-corrected chi connectivity index (χ2v) is 7.09. The molecule has 0 aliphatic carbocycles. The van der Waals surface area contributed by atoms with E-state index in [4.69, 9.17) is 13.9 Å². The van der Waals surface area contributed by atoms with Crippen LogP contribution < -0.4 is 9.64 Å². The first kappa shape index (κ1) is 19.3. The molecule has 0 unspecified atom stereocenters. The van der Waals surface area contributed by atoms with Gasteiger partial charge in [0.1, 0.15) is 11.3 Å². The Bertz CT molecular complexity index is 972. The van der Waals surface area contributed by atoms with E-state index >= 15 is 0 Å². The van der Waals surface area contributed by atoms with E-state index in [1.807, 2.05) is 36.4 Å². The van der Waals surface area contributed by atoms with Crippen LogP contribution in [0, 0.1) is 0 Å². The molecule has 3 aromatic rings. The van der Waals surface area contributed by atoms with Crippen molar-refractivity contribution in [1.82, 2.24) is 4.90 Å². The van der Waals surface area contributed by atoms with Crippen LogP contribution in [-0.2, 0) is 11.3 Å². The molecule has 2 heterocycles. The van der Waals surface area contributed by atoms with Crippen molar-refractivity contribution in [3.8, 4) is 5.75 Å². The molecule has 1 aliphatic heterocycles. The van der Waals surface area contributed by atoms with E-state index in [1.165, 1.54) is 5.69 Å². The molecule has 0 saturated carbocycles. The predicted octanol–water partition coefficient (Wildman–Crippen LogP) is 3.94. The SMILES string of the molecule is CCOC(=O)c1oc2ccccc2c1CN1CCN(c2ccc(OC)cc2)CC1. The average Bonchev–Trinajstić information content (AvgIpc) is 3.13. The number of benzene rings is 2. The van der Waals surface area contributed by atoms with Crippen molar-refractivity contribution in [3.05, 3.63) is 59.9 Å². The summed E-state index contributed by atoms with van der Waals surface area (Å²) >= 11 is 0. The number of hydrogen-bond donors (Lipinski definition) is 0. The van der Waals surface area contributed by atoms with Crippen molar-refractivity contribution in [3.63, 3.8) is 0 Å². The fourth-order valence-electron chi connectivity index (χ4n) is 3.80. The maximum atomic E-state index is 12.4. The zero-order valence-corrected chi connectivity index (χ0v) is 16.9. The molecular weight excluding hydrogens is 368 g/mol. The van der Waals surface area contributed by atoms with Crippen LogP contribution in [0.5, 0.6) is 5.75 Å². The molecule has 0 bridgehead atoms. The lowest BCUT2D eigenvalue weighted by atomic mass is 10.1. The Labute approximate surface area is 170 Å². The van der Waals surface area contributed by atoms with Gasteiger partial charge in [-0.1, -0.05) is 18.2 Å². The molecule has 6 nitrogen and oxygen atoms in total. The van der Waals surface area contributed by atoms with Gasteiger partial charge >= 0.3 is 5.97 Å². The lowest BCUT2D eigenvalue weighted by Crippen LogP contribution is -2.46. The van der Waals surface area contributed by atoms with Crippen molar-refractivity contribution < 1.29 is 18.7 Å². The van der Waals surface area contributed by atoms with Crippen molar-refractivity contribution in [2.45, 2.75) is 13.5 Å². The van der Waals surface area contributed by atoms with Gasteiger partial charge in [0.05, 0.1) is 13.7 Å². The number of carbonyl (C=O) groups excluding carboxylic acids is 1. The Morgan fingerprint density at radius 1 is 1.03 bits per heavy atom. The molecule has 2 aromatic carbocycles. The van der Waals surface area contributed by atoms with Crippen LogP contribution in [0.25, 0.3) is 11.0 Å². The first-order valence-electron chi connectivity index (χ1n) is 9.98. The molecule has 1 aliphatic rings. The molecule has 4 rings (SSSR count). The number of nitrogens with zero attached hydrogens (tertiary/aromatic N) is 2. The van der Waals surface area contributed by atoms with Gasteiger partial charge in [0.25, 0.3) is 0 Å². The van der Waals surface area contributed by atoms with Gasteiger partial charge in [0.2, 0.25) is 5.76 Å². The summed E-state index contributed by atoms with van der Waals surface area (Å²) in [4.78, 5) is 17.1. The Morgan fingerprint density at radius 3 is 2.45 bits per heavy atom. The quantitative estimate of drug-likeness (QED) is 0.591. The number of esters is 1. The molecule has 1 aromatic heterocycles.